The summed E-state index contributed by atoms with van der Waals surface area (Å²) in [6.07, 6.45) is -0.534. The molecule has 1 rings (SSSR count). The van der Waals surface area contributed by atoms with E-state index in [1.165, 1.54) is 0 Å². The van der Waals surface area contributed by atoms with Crippen LogP contribution in [0.1, 0.15) is 19.4 Å². The van der Waals surface area contributed by atoms with Crippen molar-refractivity contribution < 1.29 is 9.63 Å². The lowest BCUT2D eigenvalue weighted by molar-refractivity contribution is 0.151. The second-order valence-electron chi connectivity index (χ2n) is 2.95. The highest BCUT2D eigenvalue weighted by molar-refractivity contribution is 5.98. The third-order valence-electron chi connectivity index (χ3n) is 1.78. The Bertz CT molecular complexity index is 347. The molecule has 1 aromatic carbocycles. The first-order valence-corrected chi connectivity index (χ1v) is 4.79. The fourth-order valence-electron chi connectivity index (χ4n) is 1.02. The highest BCUT2D eigenvalue weighted by atomic mass is 16.7. The Morgan fingerprint density at radius 1 is 1.40 bits per heavy atom. The molecule has 0 fully saturated rings. The Kier molecular flexibility index (Phi) is 4.34. The van der Waals surface area contributed by atoms with Gasteiger partial charge in [0.25, 0.3) is 0 Å². The van der Waals surface area contributed by atoms with Gasteiger partial charge in [-0.1, -0.05) is 35.5 Å². The van der Waals surface area contributed by atoms with E-state index in [4.69, 9.17) is 0 Å². The molecule has 0 saturated heterocycles. The molecule has 15 heavy (non-hydrogen) atoms. The highest BCUT2D eigenvalue weighted by Crippen LogP contribution is 2.00. The predicted octanol–water partition coefficient (Wildman–Crippen LogP) is 2.16. The Morgan fingerprint density at radius 2 is 2.07 bits per heavy atom. The van der Waals surface area contributed by atoms with Gasteiger partial charge in [0.2, 0.25) is 0 Å². The predicted molar refractivity (Wildman–Crippen MR) is 58.8 cm³/mol. The second kappa shape index (κ2) is 5.80. The van der Waals surface area contributed by atoms with Gasteiger partial charge in [0.15, 0.2) is 0 Å². The third kappa shape index (κ3) is 3.81. The fraction of sp³-hybridized carbons (Fsp3) is 0.273. The molecule has 1 amide bonds. The number of hydrogen-bond acceptors (Lipinski definition) is 3. The Balaban J connectivity index is 2.57. The first kappa shape index (κ1) is 11.2. The number of nitrogens with one attached hydrogen (secondary N) is 1. The lowest BCUT2D eigenvalue weighted by Gasteiger charge is -2.00. The minimum Gasteiger partial charge on any atom is -0.320 e. The molecule has 0 aliphatic carbocycles. The standard InChI is InChI=1S/C11H14N2O2/c1-3-12-11(14)15-13-9(2)10-7-5-4-6-8-10/h4-8H,3H2,1-2H3,(H,12,14)/b13-9+. The Morgan fingerprint density at radius 3 is 2.67 bits per heavy atom. The number of oxime groups is 1. The first-order chi connectivity index (χ1) is 7.24. The number of benzene rings is 1. The van der Waals surface area contributed by atoms with Crippen LogP contribution in [0.5, 0.6) is 0 Å². The van der Waals surface area contributed by atoms with Gasteiger partial charge in [-0.15, -0.1) is 0 Å². The van der Waals surface area contributed by atoms with Crippen LogP contribution < -0.4 is 5.32 Å². The average Bonchev–Trinajstić information content (AvgIpc) is 2.27. The van der Waals surface area contributed by atoms with Gasteiger partial charge < -0.3 is 5.32 Å². The molecule has 4 nitrogen and oxygen atoms in total. The van der Waals surface area contributed by atoms with Crippen molar-refractivity contribution in [2.45, 2.75) is 13.8 Å². The van der Waals surface area contributed by atoms with Crippen LogP contribution in [0.3, 0.4) is 0 Å². The smallest absolute Gasteiger partial charge is 0.320 e. The van der Waals surface area contributed by atoms with E-state index < -0.39 is 6.09 Å². The number of hydrogen-bond donors (Lipinski definition) is 1. The Hall–Kier alpha value is -1.84. The van der Waals surface area contributed by atoms with Gasteiger partial charge in [-0.25, -0.2) is 4.79 Å². The molecule has 0 radical (unpaired) electrons. The Labute approximate surface area is 88.9 Å². The number of carbonyl (C=O) groups is 1. The number of carbonyl (C=O) groups excluding carboxylic acids is 1. The van der Waals surface area contributed by atoms with Crippen LogP contribution in [0.25, 0.3) is 0 Å². The molecule has 0 atom stereocenters. The van der Waals surface area contributed by atoms with E-state index in [1.54, 1.807) is 6.92 Å². The van der Waals surface area contributed by atoms with Crippen LogP contribution in [-0.2, 0) is 4.84 Å². The SMILES string of the molecule is CCNC(=O)O/N=C(\C)c1ccccc1. The van der Waals surface area contributed by atoms with Crippen molar-refractivity contribution in [1.29, 1.82) is 0 Å². The maximum atomic E-state index is 10.9. The van der Waals surface area contributed by atoms with Crippen LogP contribution in [0, 0.1) is 0 Å². The fourth-order valence-corrected chi connectivity index (χ4v) is 1.02. The molecule has 80 valence electrons. The van der Waals surface area contributed by atoms with E-state index in [0.29, 0.717) is 12.3 Å². The van der Waals surface area contributed by atoms with Crippen molar-refractivity contribution in [3.05, 3.63) is 35.9 Å². The highest BCUT2D eigenvalue weighted by Gasteiger charge is 2.00. The van der Waals surface area contributed by atoms with Crippen LogP contribution in [0.2, 0.25) is 0 Å². The maximum absolute atomic E-state index is 10.9. The largest absolute Gasteiger partial charge is 0.433 e. The average molecular weight is 206 g/mol. The zero-order valence-electron chi connectivity index (χ0n) is 8.86. The van der Waals surface area contributed by atoms with Crippen molar-refractivity contribution >= 4 is 11.8 Å². The number of amides is 1. The van der Waals surface area contributed by atoms with Crippen LogP contribution in [0.15, 0.2) is 35.5 Å². The summed E-state index contributed by atoms with van der Waals surface area (Å²) in [7, 11) is 0. The van der Waals surface area contributed by atoms with Crippen molar-refractivity contribution in [3.8, 4) is 0 Å². The molecule has 0 bridgehead atoms. The molecule has 0 unspecified atom stereocenters. The lowest BCUT2D eigenvalue weighted by atomic mass is 10.1. The molecular weight excluding hydrogens is 192 g/mol. The maximum Gasteiger partial charge on any atom is 0.433 e. The van der Waals surface area contributed by atoms with Gasteiger partial charge >= 0.3 is 6.09 Å². The molecular formula is C11H14N2O2. The minimum atomic E-state index is -0.534. The van der Waals surface area contributed by atoms with Gasteiger partial charge in [0.05, 0.1) is 5.71 Å². The van der Waals surface area contributed by atoms with Gasteiger partial charge in [0, 0.05) is 6.54 Å². The third-order valence-corrected chi connectivity index (χ3v) is 1.78. The molecule has 0 aliphatic rings. The molecule has 0 aliphatic heterocycles. The van der Waals surface area contributed by atoms with E-state index in [1.807, 2.05) is 37.3 Å². The zero-order chi connectivity index (χ0) is 11.1. The summed E-state index contributed by atoms with van der Waals surface area (Å²) in [4.78, 5) is 15.6. The first-order valence-electron chi connectivity index (χ1n) is 4.79. The van der Waals surface area contributed by atoms with E-state index in [0.717, 1.165) is 5.56 Å². The second-order valence-corrected chi connectivity index (χ2v) is 2.95. The summed E-state index contributed by atoms with van der Waals surface area (Å²) >= 11 is 0. The topological polar surface area (TPSA) is 50.7 Å². The zero-order valence-corrected chi connectivity index (χ0v) is 8.86. The normalized spacial score (nSPS) is 10.9. The van der Waals surface area contributed by atoms with E-state index in [2.05, 4.69) is 15.3 Å². The molecule has 0 spiro atoms. The van der Waals surface area contributed by atoms with Crippen molar-refractivity contribution in [3.63, 3.8) is 0 Å². The molecule has 1 N–H and O–H groups in total. The van der Waals surface area contributed by atoms with Crippen molar-refractivity contribution in [2.75, 3.05) is 6.54 Å². The van der Waals surface area contributed by atoms with E-state index >= 15 is 0 Å². The van der Waals surface area contributed by atoms with Gasteiger partial charge in [-0.3, -0.25) is 4.84 Å². The van der Waals surface area contributed by atoms with E-state index in [9.17, 15) is 4.79 Å². The van der Waals surface area contributed by atoms with Crippen molar-refractivity contribution in [2.24, 2.45) is 5.16 Å². The van der Waals surface area contributed by atoms with Gasteiger partial charge in [-0.2, -0.15) is 0 Å². The number of rotatable bonds is 3. The molecule has 0 saturated carbocycles. The molecule has 1 aromatic rings. The number of nitrogens with zero attached hydrogens (tertiary/aromatic N) is 1. The lowest BCUT2D eigenvalue weighted by Crippen LogP contribution is -2.22. The summed E-state index contributed by atoms with van der Waals surface area (Å²) in [5.41, 5.74) is 1.60. The van der Waals surface area contributed by atoms with E-state index in [-0.39, 0.29) is 0 Å². The summed E-state index contributed by atoms with van der Waals surface area (Å²) in [6, 6.07) is 9.53. The molecule has 4 heteroatoms. The molecule has 0 heterocycles. The molecule has 0 aromatic heterocycles. The minimum absolute atomic E-state index is 0.527. The van der Waals surface area contributed by atoms with Crippen LogP contribution in [0.4, 0.5) is 4.79 Å². The quantitative estimate of drug-likeness (QED) is 0.468. The summed E-state index contributed by atoms with van der Waals surface area (Å²) in [5, 5.41) is 6.20. The van der Waals surface area contributed by atoms with Gasteiger partial charge in [-0.05, 0) is 19.4 Å². The van der Waals surface area contributed by atoms with Crippen LogP contribution in [-0.4, -0.2) is 18.3 Å². The summed E-state index contributed by atoms with van der Waals surface area (Å²) < 4.78 is 0. The van der Waals surface area contributed by atoms with Crippen LogP contribution >= 0.6 is 0 Å². The van der Waals surface area contributed by atoms with Gasteiger partial charge in [0.1, 0.15) is 0 Å². The summed E-state index contributed by atoms with van der Waals surface area (Å²) in [5.74, 6) is 0. The summed E-state index contributed by atoms with van der Waals surface area (Å²) in [6.45, 7) is 4.13. The van der Waals surface area contributed by atoms with Crippen molar-refractivity contribution in [1.82, 2.24) is 5.32 Å². The monoisotopic (exact) mass is 206 g/mol.